The average Bonchev–Trinajstić information content (AvgIpc) is 2.57. The van der Waals surface area contributed by atoms with Crippen LogP contribution in [0.4, 0.5) is 10.1 Å². The minimum absolute atomic E-state index is 0.0339. The number of nitrogens with zero attached hydrogens (tertiary/aromatic N) is 2. The summed E-state index contributed by atoms with van der Waals surface area (Å²) >= 11 is 5.70. The van der Waals surface area contributed by atoms with E-state index in [4.69, 9.17) is 16.3 Å². The van der Waals surface area contributed by atoms with Gasteiger partial charge in [-0.2, -0.15) is 0 Å². The molecule has 0 aliphatic rings. The van der Waals surface area contributed by atoms with Crippen LogP contribution in [0.2, 0.25) is 5.02 Å². The lowest BCUT2D eigenvalue weighted by Gasteiger charge is -2.09. The number of fused-ring (bicyclic) bond motifs is 1. The normalized spacial score (nSPS) is 10.6. The van der Waals surface area contributed by atoms with Gasteiger partial charge in [0.1, 0.15) is 5.82 Å². The van der Waals surface area contributed by atoms with Crippen LogP contribution < -0.4 is 10.1 Å². The highest BCUT2D eigenvalue weighted by atomic mass is 35.5. The van der Waals surface area contributed by atoms with Crippen LogP contribution in [0.15, 0.2) is 42.5 Å². The van der Waals surface area contributed by atoms with E-state index in [0.29, 0.717) is 16.7 Å². The third kappa shape index (κ3) is 3.07. The second kappa shape index (κ2) is 6.18. The van der Waals surface area contributed by atoms with Gasteiger partial charge < -0.3 is 10.1 Å². The number of carbonyl (C=O) groups is 1. The van der Waals surface area contributed by atoms with Crippen LogP contribution in [0.3, 0.4) is 0 Å². The highest BCUT2D eigenvalue weighted by Crippen LogP contribution is 2.22. The van der Waals surface area contributed by atoms with Gasteiger partial charge in [0.15, 0.2) is 5.69 Å². The molecule has 0 saturated carbocycles. The van der Waals surface area contributed by atoms with Crippen molar-refractivity contribution >= 4 is 34.2 Å². The van der Waals surface area contributed by atoms with Crippen molar-refractivity contribution in [3.05, 3.63) is 59.0 Å². The summed E-state index contributed by atoms with van der Waals surface area (Å²) in [5, 5.41) is 2.51. The van der Waals surface area contributed by atoms with E-state index in [1.807, 2.05) is 6.07 Å². The second-order valence-electron chi connectivity index (χ2n) is 4.65. The largest absolute Gasteiger partial charge is 0.479 e. The molecule has 1 N–H and O–H groups in total. The molecule has 1 heterocycles. The smallest absolute Gasteiger partial charge is 0.279 e. The van der Waals surface area contributed by atoms with Crippen molar-refractivity contribution in [2.75, 3.05) is 12.4 Å². The first-order valence-corrected chi connectivity index (χ1v) is 7.03. The summed E-state index contributed by atoms with van der Waals surface area (Å²) < 4.78 is 18.3. The molecule has 3 aromatic rings. The van der Waals surface area contributed by atoms with E-state index in [2.05, 4.69) is 15.3 Å². The van der Waals surface area contributed by atoms with Gasteiger partial charge in [-0.05, 0) is 30.3 Å². The molecule has 0 spiro atoms. The van der Waals surface area contributed by atoms with Gasteiger partial charge in [0.25, 0.3) is 5.91 Å². The fourth-order valence-corrected chi connectivity index (χ4v) is 2.22. The molecule has 23 heavy (non-hydrogen) atoms. The number of anilines is 1. The standard InChI is InChI=1S/C16H11ClFN3O2/c1-23-16-14(20-12-4-2-3-5-13(12)21-16)15(22)19-9-6-7-11(18)10(17)8-9/h2-8H,1H3,(H,19,22). The molecule has 0 saturated heterocycles. The molecule has 116 valence electrons. The van der Waals surface area contributed by atoms with E-state index in [1.54, 1.807) is 18.2 Å². The highest BCUT2D eigenvalue weighted by Gasteiger charge is 2.17. The van der Waals surface area contributed by atoms with Crippen LogP contribution in [0.25, 0.3) is 11.0 Å². The fourth-order valence-electron chi connectivity index (χ4n) is 2.04. The van der Waals surface area contributed by atoms with Gasteiger partial charge in [-0.25, -0.2) is 14.4 Å². The van der Waals surface area contributed by atoms with Gasteiger partial charge in [0, 0.05) is 5.69 Å². The van der Waals surface area contributed by atoms with E-state index >= 15 is 0 Å². The maximum absolute atomic E-state index is 13.2. The Bertz CT molecular complexity index is 902. The molecule has 1 amide bonds. The Kier molecular flexibility index (Phi) is 4.08. The first-order valence-electron chi connectivity index (χ1n) is 6.65. The van der Waals surface area contributed by atoms with Crippen molar-refractivity contribution in [3.63, 3.8) is 0 Å². The molecule has 7 heteroatoms. The molecular formula is C16H11ClFN3O2. The summed E-state index contributed by atoms with van der Waals surface area (Å²) in [5.41, 5.74) is 1.56. The zero-order valence-electron chi connectivity index (χ0n) is 12.0. The molecule has 1 aromatic heterocycles. The van der Waals surface area contributed by atoms with Gasteiger partial charge in [-0.1, -0.05) is 23.7 Å². The molecule has 2 aromatic carbocycles. The van der Waals surface area contributed by atoms with E-state index in [-0.39, 0.29) is 16.6 Å². The Balaban J connectivity index is 1.97. The minimum Gasteiger partial charge on any atom is -0.479 e. The average molecular weight is 332 g/mol. The first kappa shape index (κ1) is 15.2. The van der Waals surface area contributed by atoms with Crippen LogP contribution in [-0.4, -0.2) is 23.0 Å². The zero-order valence-corrected chi connectivity index (χ0v) is 12.8. The molecule has 0 unspecified atom stereocenters. The quantitative estimate of drug-likeness (QED) is 0.795. The Labute approximate surface area is 136 Å². The Morgan fingerprint density at radius 2 is 1.87 bits per heavy atom. The number of rotatable bonds is 3. The summed E-state index contributed by atoms with van der Waals surface area (Å²) in [6, 6.07) is 11.0. The van der Waals surface area contributed by atoms with Gasteiger partial charge in [0.2, 0.25) is 5.88 Å². The van der Waals surface area contributed by atoms with Gasteiger partial charge >= 0.3 is 0 Å². The van der Waals surface area contributed by atoms with Crippen LogP contribution in [0, 0.1) is 5.82 Å². The van der Waals surface area contributed by atoms with Crippen LogP contribution in [0.1, 0.15) is 10.5 Å². The van der Waals surface area contributed by atoms with Crippen molar-refractivity contribution in [2.24, 2.45) is 0 Å². The van der Waals surface area contributed by atoms with Crippen molar-refractivity contribution < 1.29 is 13.9 Å². The number of amides is 1. The Hall–Kier alpha value is -2.73. The Morgan fingerprint density at radius 3 is 2.52 bits per heavy atom. The summed E-state index contributed by atoms with van der Waals surface area (Å²) in [6.45, 7) is 0. The minimum atomic E-state index is -0.562. The lowest BCUT2D eigenvalue weighted by Crippen LogP contribution is -2.16. The maximum atomic E-state index is 13.2. The number of benzene rings is 2. The summed E-state index contributed by atoms with van der Waals surface area (Å²) in [5.74, 6) is -0.982. The Morgan fingerprint density at radius 1 is 1.17 bits per heavy atom. The molecule has 0 radical (unpaired) electrons. The molecule has 0 atom stereocenters. The predicted molar refractivity (Wildman–Crippen MR) is 85.5 cm³/mol. The number of ether oxygens (including phenoxy) is 1. The van der Waals surface area contributed by atoms with Gasteiger partial charge in [-0.3, -0.25) is 4.79 Å². The third-order valence-corrected chi connectivity index (χ3v) is 3.41. The molecule has 0 aliphatic heterocycles. The first-order chi connectivity index (χ1) is 11.1. The summed E-state index contributed by atoms with van der Waals surface area (Å²) in [7, 11) is 1.41. The van der Waals surface area contributed by atoms with Crippen LogP contribution in [-0.2, 0) is 0 Å². The third-order valence-electron chi connectivity index (χ3n) is 3.12. The van der Waals surface area contributed by atoms with E-state index in [0.717, 1.165) is 0 Å². The second-order valence-corrected chi connectivity index (χ2v) is 5.06. The predicted octanol–water partition coefficient (Wildman–Crippen LogP) is 3.68. The molecule has 5 nitrogen and oxygen atoms in total. The fraction of sp³-hybridized carbons (Fsp3) is 0.0625. The number of methoxy groups -OCH3 is 1. The number of carbonyl (C=O) groups excluding carboxylic acids is 1. The van der Waals surface area contributed by atoms with Gasteiger partial charge in [0.05, 0.1) is 23.2 Å². The number of aromatic nitrogens is 2. The van der Waals surface area contributed by atoms with Crippen molar-refractivity contribution in [1.29, 1.82) is 0 Å². The molecule has 0 bridgehead atoms. The van der Waals surface area contributed by atoms with E-state index < -0.39 is 11.7 Å². The molecule has 0 aliphatic carbocycles. The number of halogens is 2. The van der Waals surface area contributed by atoms with E-state index in [9.17, 15) is 9.18 Å². The molecule has 3 rings (SSSR count). The highest BCUT2D eigenvalue weighted by molar-refractivity contribution is 6.31. The lowest BCUT2D eigenvalue weighted by atomic mass is 10.2. The van der Waals surface area contributed by atoms with Gasteiger partial charge in [-0.15, -0.1) is 0 Å². The number of nitrogens with one attached hydrogen (secondary N) is 1. The van der Waals surface area contributed by atoms with Crippen LogP contribution in [0.5, 0.6) is 5.88 Å². The summed E-state index contributed by atoms with van der Waals surface area (Å²) in [4.78, 5) is 20.9. The summed E-state index contributed by atoms with van der Waals surface area (Å²) in [6.07, 6.45) is 0. The number of hydrogen-bond acceptors (Lipinski definition) is 4. The monoisotopic (exact) mass is 331 g/mol. The van der Waals surface area contributed by atoms with Crippen molar-refractivity contribution in [2.45, 2.75) is 0 Å². The molecule has 0 fully saturated rings. The van der Waals surface area contributed by atoms with Crippen molar-refractivity contribution in [3.8, 4) is 5.88 Å². The number of hydrogen-bond donors (Lipinski definition) is 1. The van der Waals surface area contributed by atoms with Crippen molar-refractivity contribution in [1.82, 2.24) is 9.97 Å². The number of para-hydroxylation sites is 2. The van der Waals surface area contributed by atoms with E-state index in [1.165, 1.54) is 25.3 Å². The molecular weight excluding hydrogens is 321 g/mol. The van der Waals surface area contributed by atoms with Crippen LogP contribution >= 0.6 is 11.6 Å². The zero-order chi connectivity index (χ0) is 16.4. The lowest BCUT2D eigenvalue weighted by molar-refractivity contribution is 0.101. The maximum Gasteiger partial charge on any atom is 0.279 e. The SMILES string of the molecule is COc1nc2ccccc2nc1C(=O)Nc1ccc(F)c(Cl)c1. The topological polar surface area (TPSA) is 64.1 Å².